The molecule has 0 saturated carbocycles. The van der Waals surface area contributed by atoms with Gasteiger partial charge in [0.05, 0.1) is 15.7 Å². The Bertz CT molecular complexity index is 602. The molecule has 2 aromatic rings. The van der Waals surface area contributed by atoms with Gasteiger partial charge in [-0.3, -0.25) is 0 Å². The second kappa shape index (κ2) is 5.31. The first-order valence-electron chi connectivity index (χ1n) is 5.02. The van der Waals surface area contributed by atoms with Gasteiger partial charge in [0.25, 0.3) is 0 Å². The largest absolute Gasteiger partial charge is 0.337 e. The highest BCUT2D eigenvalue weighted by Gasteiger charge is 2.11. The smallest absolute Gasteiger partial charge is 0.151 e. The molecule has 1 aromatic carbocycles. The molecule has 1 aromatic heterocycles. The zero-order chi connectivity index (χ0) is 13.3. The molecule has 0 aliphatic heterocycles. The van der Waals surface area contributed by atoms with Gasteiger partial charge in [-0.1, -0.05) is 46.9 Å². The molecule has 2 rings (SSSR count). The van der Waals surface area contributed by atoms with Crippen molar-refractivity contribution in [1.29, 1.82) is 0 Å². The summed E-state index contributed by atoms with van der Waals surface area (Å²) in [7, 11) is 0. The van der Waals surface area contributed by atoms with Crippen molar-refractivity contribution in [2.75, 3.05) is 5.32 Å². The monoisotopic (exact) mass is 304 g/mol. The van der Waals surface area contributed by atoms with Crippen molar-refractivity contribution in [2.45, 2.75) is 6.92 Å². The first kappa shape index (κ1) is 13.4. The minimum absolute atomic E-state index is 0.108. The lowest BCUT2D eigenvalue weighted by Gasteiger charge is -2.10. The predicted octanol–water partition coefficient (Wildman–Crippen LogP) is 5.23. The van der Waals surface area contributed by atoms with Gasteiger partial charge in [0.1, 0.15) is 11.0 Å². The summed E-state index contributed by atoms with van der Waals surface area (Å²) in [4.78, 5) is 3.96. The van der Waals surface area contributed by atoms with Gasteiger partial charge in [-0.15, -0.1) is 0 Å². The van der Waals surface area contributed by atoms with E-state index in [-0.39, 0.29) is 32.5 Å². The molecule has 0 spiro atoms. The Morgan fingerprint density at radius 3 is 2.61 bits per heavy atom. The van der Waals surface area contributed by atoms with Crippen molar-refractivity contribution < 1.29 is 4.39 Å². The Labute approximate surface area is 119 Å². The Hall–Kier alpha value is -1.03. The van der Waals surface area contributed by atoms with Gasteiger partial charge in [-0.25, -0.2) is 9.37 Å². The predicted molar refractivity (Wildman–Crippen MR) is 73.7 cm³/mol. The van der Waals surface area contributed by atoms with E-state index in [1.165, 1.54) is 6.07 Å². The number of hydrogen-bond donors (Lipinski definition) is 1. The number of anilines is 2. The third-order valence-corrected chi connectivity index (χ3v) is 3.29. The van der Waals surface area contributed by atoms with Crippen LogP contribution in [-0.2, 0) is 0 Å². The van der Waals surface area contributed by atoms with Gasteiger partial charge in [0.15, 0.2) is 5.82 Å². The minimum Gasteiger partial charge on any atom is -0.337 e. The molecule has 0 fully saturated rings. The molecule has 0 aliphatic rings. The molecule has 0 atom stereocenters. The van der Waals surface area contributed by atoms with E-state index in [2.05, 4.69) is 10.3 Å². The van der Waals surface area contributed by atoms with E-state index in [9.17, 15) is 4.39 Å². The number of pyridine rings is 1. The molecule has 0 amide bonds. The van der Waals surface area contributed by atoms with Gasteiger partial charge < -0.3 is 5.32 Å². The fraction of sp³-hybridized carbons (Fsp3) is 0.0833. The summed E-state index contributed by atoms with van der Waals surface area (Å²) >= 11 is 17.5. The van der Waals surface area contributed by atoms with Crippen LogP contribution < -0.4 is 5.32 Å². The van der Waals surface area contributed by atoms with E-state index in [0.717, 1.165) is 0 Å². The van der Waals surface area contributed by atoms with Crippen LogP contribution in [0.1, 0.15) is 5.56 Å². The first-order chi connectivity index (χ1) is 8.49. The Kier molecular flexibility index (Phi) is 3.95. The molecule has 0 bridgehead atoms. The first-order valence-corrected chi connectivity index (χ1v) is 6.16. The molecule has 0 unspecified atom stereocenters. The van der Waals surface area contributed by atoms with Crippen LogP contribution in [0.3, 0.4) is 0 Å². The standard InChI is InChI=1S/C12H8Cl3FN2/c1-6-3-2-4-9(10(6)16)17-12-8(14)5-7(13)11(15)18-12/h2-5H,1H3,(H,17,18). The van der Waals surface area contributed by atoms with E-state index >= 15 is 0 Å². The SMILES string of the molecule is Cc1cccc(Nc2nc(Cl)c(Cl)cc2Cl)c1F. The van der Waals surface area contributed by atoms with Gasteiger partial charge >= 0.3 is 0 Å². The molecule has 2 nitrogen and oxygen atoms in total. The highest BCUT2D eigenvalue weighted by Crippen LogP contribution is 2.31. The number of nitrogens with one attached hydrogen (secondary N) is 1. The molecule has 0 aliphatic carbocycles. The maximum absolute atomic E-state index is 13.8. The lowest BCUT2D eigenvalue weighted by molar-refractivity contribution is 0.622. The van der Waals surface area contributed by atoms with Crippen LogP contribution in [0.25, 0.3) is 0 Å². The summed E-state index contributed by atoms with van der Waals surface area (Å²) in [5.41, 5.74) is 0.805. The van der Waals surface area contributed by atoms with E-state index in [1.807, 2.05) is 0 Å². The van der Waals surface area contributed by atoms with Crippen LogP contribution in [-0.4, -0.2) is 4.98 Å². The summed E-state index contributed by atoms with van der Waals surface area (Å²) in [5.74, 6) is -0.1000. The van der Waals surface area contributed by atoms with E-state index < -0.39 is 0 Å². The number of nitrogens with zero attached hydrogens (tertiary/aromatic N) is 1. The van der Waals surface area contributed by atoms with E-state index in [4.69, 9.17) is 34.8 Å². The van der Waals surface area contributed by atoms with Gasteiger partial charge in [-0.05, 0) is 24.6 Å². The van der Waals surface area contributed by atoms with Crippen LogP contribution in [0.4, 0.5) is 15.9 Å². The minimum atomic E-state index is -0.360. The summed E-state index contributed by atoms with van der Waals surface area (Å²) in [6, 6.07) is 6.44. The highest BCUT2D eigenvalue weighted by atomic mass is 35.5. The maximum Gasteiger partial charge on any atom is 0.151 e. The fourth-order valence-corrected chi connectivity index (χ4v) is 1.95. The van der Waals surface area contributed by atoms with Crippen LogP contribution in [0.2, 0.25) is 15.2 Å². The van der Waals surface area contributed by atoms with Gasteiger partial charge in [0, 0.05) is 0 Å². The average molecular weight is 306 g/mol. The van der Waals surface area contributed by atoms with Crippen molar-refractivity contribution >= 4 is 46.3 Å². The van der Waals surface area contributed by atoms with Crippen LogP contribution in [0.5, 0.6) is 0 Å². The van der Waals surface area contributed by atoms with E-state index in [0.29, 0.717) is 5.56 Å². The molecule has 1 heterocycles. The zero-order valence-electron chi connectivity index (χ0n) is 9.27. The van der Waals surface area contributed by atoms with Crippen LogP contribution >= 0.6 is 34.8 Å². The number of aromatic nitrogens is 1. The topological polar surface area (TPSA) is 24.9 Å². The zero-order valence-corrected chi connectivity index (χ0v) is 11.5. The number of hydrogen-bond acceptors (Lipinski definition) is 2. The third kappa shape index (κ3) is 2.69. The van der Waals surface area contributed by atoms with Crippen LogP contribution in [0.15, 0.2) is 24.3 Å². The summed E-state index contributed by atoms with van der Waals surface area (Å²) in [5, 5.41) is 3.41. The van der Waals surface area contributed by atoms with Crippen molar-refractivity contribution in [3.63, 3.8) is 0 Å². The molecule has 1 N–H and O–H groups in total. The van der Waals surface area contributed by atoms with Crippen molar-refractivity contribution in [3.8, 4) is 0 Å². The third-order valence-electron chi connectivity index (χ3n) is 2.33. The van der Waals surface area contributed by atoms with Crippen molar-refractivity contribution in [3.05, 3.63) is 50.8 Å². The maximum atomic E-state index is 13.8. The van der Waals surface area contributed by atoms with Crippen LogP contribution in [0, 0.1) is 12.7 Å². The Morgan fingerprint density at radius 2 is 1.89 bits per heavy atom. The second-order valence-corrected chi connectivity index (χ2v) is 4.83. The van der Waals surface area contributed by atoms with Crippen molar-refractivity contribution in [2.24, 2.45) is 0 Å². The molecule has 18 heavy (non-hydrogen) atoms. The fourth-order valence-electron chi connectivity index (χ4n) is 1.40. The number of halogens is 4. The lowest BCUT2D eigenvalue weighted by atomic mass is 10.2. The normalized spacial score (nSPS) is 10.5. The number of aryl methyl sites for hydroxylation is 1. The summed E-state index contributed by atoms with van der Waals surface area (Å²) in [6.07, 6.45) is 0. The second-order valence-electron chi connectivity index (χ2n) is 3.65. The molecular weight excluding hydrogens is 298 g/mol. The number of rotatable bonds is 2. The molecule has 0 saturated heterocycles. The molecule has 6 heteroatoms. The Balaban J connectivity index is 2.40. The average Bonchev–Trinajstić information content (AvgIpc) is 2.32. The summed E-state index contributed by atoms with van der Waals surface area (Å²) in [6.45, 7) is 1.67. The van der Waals surface area contributed by atoms with E-state index in [1.54, 1.807) is 25.1 Å². The van der Waals surface area contributed by atoms with Crippen molar-refractivity contribution in [1.82, 2.24) is 4.98 Å². The van der Waals surface area contributed by atoms with Gasteiger partial charge in [-0.2, -0.15) is 0 Å². The summed E-state index contributed by atoms with van der Waals surface area (Å²) < 4.78 is 13.8. The highest BCUT2D eigenvalue weighted by molar-refractivity contribution is 6.43. The van der Waals surface area contributed by atoms with Gasteiger partial charge in [0.2, 0.25) is 0 Å². The molecule has 0 radical (unpaired) electrons. The molecule has 94 valence electrons. The quantitative estimate of drug-likeness (QED) is 0.768. The molecular formula is C12H8Cl3FN2. The lowest BCUT2D eigenvalue weighted by Crippen LogP contribution is -1.99. The number of benzene rings is 1. The Morgan fingerprint density at radius 1 is 1.17 bits per heavy atom.